The number of aromatic nitrogens is 1. The molecule has 21 heavy (non-hydrogen) atoms. The molecule has 5 heteroatoms. The number of nitrogens with one attached hydrogen (secondary N) is 1. The van der Waals surface area contributed by atoms with E-state index in [9.17, 15) is 0 Å². The standard InChI is InChI=1S/C16H23N3O2/c1-2-11-20-13-3-4-14-15(18-21-16(14)12-13)5-8-19-9-6-17-7-10-19/h3-4,12,17H,2,5-11H2,1H3. The van der Waals surface area contributed by atoms with Gasteiger partial charge < -0.3 is 19.5 Å². The molecule has 1 N–H and O–H groups in total. The van der Waals surface area contributed by atoms with Crippen LogP contribution in [-0.4, -0.2) is 49.4 Å². The number of piperazine rings is 1. The largest absolute Gasteiger partial charge is 0.493 e. The highest BCUT2D eigenvalue weighted by molar-refractivity contribution is 5.80. The summed E-state index contributed by atoms with van der Waals surface area (Å²) in [6.07, 6.45) is 1.94. The fourth-order valence-corrected chi connectivity index (χ4v) is 2.66. The molecule has 0 saturated carbocycles. The van der Waals surface area contributed by atoms with Crippen LogP contribution in [-0.2, 0) is 6.42 Å². The van der Waals surface area contributed by atoms with Crippen molar-refractivity contribution in [3.05, 3.63) is 23.9 Å². The van der Waals surface area contributed by atoms with Gasteiger partial charge in [0.25, 0.3) is 0 Å². The molecular weight excluding hydrogens is 266 g/mol. The van der Waals surface area contributed by atoms with Gasteiger partial charge in [-0.25, -0.2) is 0 Å². The second-order valence-corrected chi connectivity index (χ2v) is 5.48. The van der Waals surface area contributed by atoms with Gasteiger partial charge in [0.1, 0.15) is 5.75 Å². The van der Waals surface area contributed by atoms with E-state index in [-0.39, 0.29) is 0 Å². The molecule has 0 unspecified atom stereocenters. The monoisotopic (exact) mass is 289 g/mol. The minimum Gasteiger partial charge on any atom is -0.493 e. The predicted molar refractivity (Wildman–Crippen MR) is 82.8 cm³/mol. The highest BCUT2D eigenvalue weighted by atomic mass is 16.5. The van der Waals surface area contributed by atoms with E-state index in [0.717, 1.165) is 74.6 Å². The average molecular weight is 289 g/mol. The van der Waals surface area contributed by atoms with Crippen molar-refractivity contribution < 1.29 is 9.26 Å². The van der Waals surface area contributed by atoms with Gasteiger partial charge in [-0.1, -0.05) is 12.1 Å². The lowest BCUT2D eigenvalue weighted by molar-refractivity contribution is 0.242. The lowest BCUT2D eigenvalue weighted by Gasteiger charge is -2.26. The van der Waals surface area contributed by atoms with Crippen LogP contribution in [0.2, 0.25) is 0 Å². The highest BCUT2D eigenvalue weighted by Crippen LogP contribution is 2.24. The Bertz CT molecular complexity index is 576. The number of benzene rings is 1. The van der Waals surface area contributed by atoms with Gasteiger partial charge in [-0.2, -0.15) is 0 Å². The van der Waals surface area contributed by atoms with E-state index in [0.29, 0.717) is 0 Å². The Kier molecular flexibility index (Phi) is 4.72. The molecule has 1 aliphatic rings. The van der Waals surface area contributed by atoms with E-state index in [1.807, 2.05) is 12.1 Å². The number of fused-ring (bicyclic) bond motifs is 1. The van der Waals surface area contributed by atoms with Crippen molar-refractivity contribution in [1.82, 2.24) is 15.4 Å². The fraction of sp³-hybridized carbons (Fsp3) is 0.562. The first-order valence-electron chi connectivity index (χ1n) is 7.81. The first kappa shape index (κ1) is 14.4. The summed E-state index contributed by atoms with van der Waals surface area (Å²) >= 11 is 0. The van der Waals surface area contributed by atoms with Crippen LogP contribution in [0.5, 0.6) is 5.75 Å². The van der Waals surface area contributed by atoms with Gasteiger partial charge >= 0.3 is 0 Å². The van der Waals surface area contributed by atoms with E-state index in [1.54, 1.807) is 0 Å². The van der Waals surface area contributed by atoms with Crippen molar-refractivity contribution in [2.45, 2.75) is 19.8 Å². The van der Waals surface area contributed by atoms with E-state index in [1.165, 1.54) is 0 Å². The normalized spacial score (nSPS) is 16.4. The van der Waals surface area contributed by atoms with Gasteiger partial charge in [-0.3, -0.25) is 0 Å². The number of ether oxygens (including phenoxy) is 1. The van der Waals surface area contributed by atoms with Crippen LogP contribution in [0.15, 0.2) is 22.7 Å². The van der Waals surface area contributed by atoms with Gasteiger partial charge in [-0.15, -0.1) is 0 Å². The van der Waals surface area contributed by atoms with Crippen LogP contribution >= 0.6 is 0 Å². The van der Waals surface area contributed by atoms with Crippen molar-refractivity contribution in [2.24, 2.45) is 0 Å². The van der Waals surface area contributed by atoms with Gasteiger partial charge in [0, 0.05) is 50.6 Å². The van der Waals surface area contributed by atoms with Crippen molar-refractivity contribution in [3.8, 4) is 5.75 Å². The Morgan fingerprint density at radius 3 is 3.00 bits per heavy atom. The van der Waals surface area contributed by atoms with Crippen molar-refractivity contribution in [2.75, 3.05) is 39.3 Å². The van der Waals surface area contributed by atoms with Gasteiger partial charge in [0.2, 0.25) is 0 Å². The second kappa shape index (κ2) is 6.91. The Morgan fingerprint density at radius 1 is 1.33 bits per heavy atom. The predicted octanol–water partition coefficient (Wildman–Crippen LogP) is 2.06. The molecule has 0 radical (unpaired) electrons. The third-order valence-electron chi connectivity index (χ3n) is 3.87. The summed E-state index contributed by atoms with van der Waals surface area (Å²) in [5, 5.41) is 8.70. The molecule has 5 nitrogen and oxygen atoms in total. The van der Waals surface area contributed by atoms with Crippen LogP contribution < -0.4 is 10.1 Å². The van der Waals surface area contributed by atoms with Crippen molar-refractivity contribution in [3.63, 3.8) is 0 Å². The molecule has 3 rings (SSSR count). The number of rotatable bonds is 6. The quantitative estimate of drug-likeness (QED) is 0.882. The molecule has 1 aromatic heterocycles. The molecule has 0 bridgehead atoms. The summed E-state index contributed by atoms with van der Waals surface area (Å²) < 4.78 is 11.1. The SMILES string of the molecule is CCCOc1ccc2c(CCN3CCNCC3)noc2c1. The minimum absolute atomic E-state index is 0.732. The third-order valence-corrected chi connectivity index (χ3v) is 3.87. The molecule has 1 saturated heterocycles. The summed E-state index contributed by atoms with van der Waals surface area (Å²) in [5.74, 6) is 0.856. The molecule has 1 fully saturated rings. The lowest BCUT2D eigenvalue weighted by Crippen LogP contribution is -2.44. The van der Waals surface area contributed by atoms with E-state index >= 15 is 0 Å². The number of hydrogen-bond donors (Lipinski definition) is 1. The van der Waals surface area contributed by atoms with E-state index in [2.05, 4.69) is 28.4 Å². The molecular formula is C16H23N3O2. The Balaban J connectivity index is 1.65. The lowest BCUT2D eigenvalue weighted by atomic mass is 10.1. The Morgan fingerprint density at radius 2 is 2.19 bits per heavy atom. The average Bonchev–Trinajstić information content (AvgIpc) is 2.94. The molecule has 1 aromatic carbocycles. The van der Waals surface area contributed by atoms with Gasteiger partial charge in [0.15, 0.2) is 5.58 Å². The summed E-state index contributed by atoms with van der Waals surface area (Å²) in [6.45, 7) is 8.26. The van der Waals surface area contributed by atoms with Crippen LogP contribution in [0.25, 0.3) is 11.0 Å². The summed E-state index contributed by atoms with van der Waals surface area (Å²) in [5.41, 5.74) is 1.87. The zero-order valence-electron chi connectivity index (χ0n) is 12.6. The van der Waals surface area contributed by atoms with Crippen molar-refractivity contribution >= 4 is 11.0 Å². The fourth-order valence-electron chi connectivity index (χ4n) is 2.66. The molecule has 0 aliphatic carbocycles. The van der Waals surface area contributed by atoms with E-state index < -0.39 is 0 Å². The highest BCUT2D eigenvalue weighted by Gasteiger charge is 2.13. The maximum absolute atomic E-state index is 5.62. The molecule has 0 spiro atoms. The van der Waals surface area contributed by atoms with Crippen molar-refractivity contribution in [1.29, 1.82) is 0 Å². The van der Waals surface area contributed by atoms with Crippen LogP contribution in [0, 0.1) is 0 Å². The number of hydrogen-bond acceptors (Lipinski definition) is 5. The first-order chi connectivity index (χ1) is 10.4. The zero-order chi connectivity index (χ0) is 14.5. The summed E-state index contributed by atoms with van der Waals surface area (Å²) in [6, 6.07) is 6.00. The Hall–Kier alpha value is -1.59. The zero-order valence-corrected chi connectivity index (χ0v) is 12.6. The first-order valence-corrected chi connectivity index (χ1v) is 7.81. The maximum Gasteiger partial charge on any atom is 0.170 e. The molecule has 2 aromatic rings. The van der Waals surface area contributed by atoms with Crippen LogP contribution in [0.1, 0.15) is 19.0 Å². The molecule has 1 aliphatic heterocycles. The molecule has 2 heterocycles. The second-order valence-electron chi connectivity index (χ2n) is 5.48. The topological polar surface area (TPSA) is 50.5 Å². The summed E-state index contributed by atoms with van der Waals surface area (Å²) in [4.78, 5) is 2.47. The molecule has 0 atom stereocenters. The van der Waals surface area contributed by atoms with Gasteiger partial charge in [-0.05, 0) is 18.6 Å². The number of nitrogens with zero attached hydrogens (tertiary/aromatic N) is 2. The Labute approximate surface area is 125 Å². The molecule has 0 amide bonds. The molecule has 114 valence electrons. The smallest absolute Gasteiger partial charge is 0.170 e. The minimum atomic E-state index is 0.732. The van der Waals surface area contributed by atoms with Gasteiger partial charge in [0.05, 0.1) is 12.3 Å². The maximum atomic E-state index is 5.62. The summed E-state index contributed by atoms with van der Waals surface area (Å²) in [7, 11) is 0. The third kappa shape index (κ3) is 3.54. The van der Waals surface area contributed by atoms with Crippen LogP contribution in [0.3, 0.4) is 0 Å². The van der Waals surface area contributed by atoms with E-state index in [4.69, 9.17) is 9.26 Å². The van der Waals surface area contributed by atoms with Crippen LogP contribution in [0.4, 0.5) is 0 Å².